The molecule has 0 aliphatic heterocycles. The molecule has 0 aliphatic carbocycles. The third-order valence-corrected chi connectivity index (χ3v) is 2.59. The van der Waals surface area contributed by atoms with Crippen LogP contribution in [0.25, 0.3) is 0 Å². The standard InChI is InChI=1S/C15H19NO2.C2H6/c1-11(2)10-18-15-6-4-13(5-7-15)8-14(9-16)12(3)17;1-2/h4-7,11,14H,8,10H2,1-3H3;1-2H3. The molecular weight excluding hydrogens is 250 g/mol. The van der Waals surface area contributed by atoms with Gasteiger partial charge in [-0.15, -0.1) is 0 Å². The van der Waals surface area contributed by atoms with Crippen LogP contribution in [-0.4, -0.2) is 12.4 Å². The van der Waals surface area contributed by atoms with Crippen LogP contribution < -0.4 is 4.74 Å². The molecule has 1 aromatic rings. The van der Waals surface area contributed by atoms with E-state index in [1.807, 2.05) is 44.2 Å². The number of nitriles is 1. The summed E-state index contributed by atoms with van der Waals surface area (Å²) in [4.78, 5) is 11.2. The maximum atomic E-state index is 11.2. The van der Waals surface area contributed by atoms with Crippen LogP contribution in [0.15, 0.2) is 24.3 Å². The fraction of sp³-hybridized carbons (Fsp3) is 0.529. The predicted molar refractivity (Wildman–Crippen MR) is 81.6 cm³/mol. The van der Waals surface area contributed by atoms with E-state index in [1.54, 1.807) is 0 Å². The Labute approximate surface area is 122 Å². The summed E-state index contributed by atoms with van der Waals surface area (Å²) < 4.78 is 5.57. The number of carbonyl (C=O) groups is 1. The van der Waals surface area contributed by atoms with Crippen LogP contribution in [0, 0.1) is 23.2 Å². The van der Waals surface area contributed by atoms with Crippen molar-refractivity contribution in [3.05, 3.63) is 29.8 Å². The highest BCUT2D eigenvalue weighted by Gasteiger charge is 2.13. The van der Waals surface area contributed by atoms with E-state index >= 15 is 0 Å². The summed E-state index contributed by atoms with van der Waals surface area (Å²) in [5.41, 5.74) is 0.980. The fourth-order valence-corrected chi connectivity index (χ4v) is 1.50. The van der Waals surface area contributed by atoms with E-state index < -0.39 is 5.92 Å². The van der Waals surface area contributed by atoms with Crippen molar-refractivity contribution in [2.45, 2.75) is 41.0 Å². The molecule has 0 N–H and O–H groups in total. The van der Waals surface area contributed by atoms with Gasteiger partial charge in [-0.05, 0) is 37.0 Å². The van der Waals surface area contributed by atoms with Crippen molar-refractivity contribution in [2.75, 3.05) is 6.61 Å². The van der Waals surface area contributed by atoms with Gasteiger partial charge in [0.2, 0.25) is 0 Å². The summed E-state index contributed by atoms with van der Waals surface area (Å²) in [6, 6.07) is 9.60. The molecule has 0 saturated heterocycles. The lowest BCUT2D eigenvalue weighted by Gasteiger charge is -2.10. The third kappa shape index (κ3) is 6.94. The highest BCUT2D eigenvalue weighted by Crippen LogP contribution is 2.16. The van der Waals surface area contributed by atoms with Crippen LogP contribution in [0.3, 0.4) is 0 Å². The Kier molecular flexibility index (Phi) is 9.11. The van der Waals surface area contributed by atoms with Gasteiger partial charge >= 0.3 is 0 Å². The van der Waals surface area contributed by atoms with E-state index in [4.69, 9.17) is 10.00 Å². The lowest BCUT2D eigenvalue weighted by molar-refractivity contribution is -0.119. The molecular formula is C17H25NO2. The van der Waals surface area contributed by atoms with E-state index in [0.717, 1.165) is 11.3 Å². The van der Waals surface area contributed by atoms with Gasteiger partial charge in [0.15, 0.2) is 0 Å². The minimum Gasteiger partial charge on any atom is -0.493 e. The summed E-state index contributed by atoms with van der Waals surface area (Å²) in [5, 5.41) is 8.86. The van der Waals surface area contributed by atoms with Crippen LogP contribution >= 0.6 is 0 Å². The Balaban J connectivity index is 0.00000172. The Morgan fingerprint density at radius 2 is 1.80 bits per heavy atom. The maximum absolute atomic E-state index is 11.2. The number of benzene rings is 1. The van der Waals surface area contributed by atoms with E-state index in [2.05, 4.69) is 13.8 Å². The number of rotatable bonds is 6. The molecule has 0 radical (unpaired) electrons. The second kappa shape index (κ2) is 10.0. The quantitative estimate of drug-likeness (QED) is 0.788. The number of nitrogens with zero attached hydrogens (tertiary/aromatic N) is 1. The van der Waals surface area contributed by atoms with Gasteiger partial charge in [0.05, 0.1) is 12.7 Å². The van der Waals surface area contributed by atoms with Crippen LogP contribution in [0.2, 0.25) is 0 Å². The molecule has 3 heteroatoms. The SMILES string of the molecule is CC.CC(=O)C(C#N)Cc1ccc(OCC(C)C)cc1. The molecule has 0 heterocycles. The van der Waals surface area contributed by atoms with Crippen molar-refractivity contribution in [3.63, 3.8) is 0 Å². The number of hydrogen-bond acceptors (Lipinski definition) is 3. The summed E-state index contributed by atoms with van der Waals surface area (Å²) in [5.74, 6) is 0.680. The zero-order valence-electron chi connectivity index (χ0n) is 13.1. The zero-order valence-corrected chi connectivity index (χ0v) is 13.1. The second-order valence-electron chi connectivity index (χ2n) is 4.85. The number of hydrogen-bond donors (Lipinski definition) is 0. The fourth-order valence-electron chi connectivity index (χ4n) is 1.50. The van der Waals surface area contributed by atoms with Crippen molar-refractivity contribution in [1.82, 2.24) is 0 Å². The molecule has 1 unspecified atom stereocenters. The minimum absolute atomic E-state index is 0.0855. The zero-order chi connectivity index (χ0) is 15.5. The molecule has 20 heavy (non-hydrogen) atoms. The van der Waals surface area contributed by atoms with Gasteiger partial charge in [-0.1, -0.05) is 39.8 Å². The van der Waals surface area contributed by atoms with Gasteiger partial charge in [-0.3, -0.25) is 4.79 Å². The Morgan fingerprint density at radius 1 is 1.25 bits per heavy atom. The third-order valence-electron chi connectivity index (χ3n) is 2.59. The molecule has 1 atom stereocenters. The number of ketones is 1. The lowest BCUT2D eigenvalue weighted by Crippen LogP contribution is -2.11. The maximum Gasteiger partial charge on any atom is 0.147 e. The molecule has 110 valence electrons. The first-order valence-corrected chi connectivity index (χ1v) is 7.14. The van der Waals surface area contributed by atoms with Crippen molar-refractivity contribution in [3.8, 4) is 11.8 Å². The monoisotopic (exact) mass is 275 g/mol. The van der Waals surface area contributed by atoms with Crippen molar-refractivity contribution < 1.29 is 9.53 Å². The first kappa shape index (κ1) is 18.2. The Morgan fingerprint density at radius 3 is 2.20 bits per heavy atom. The van der Waals surface area contributed by atoms with Crippen LogP contribution in [-0.2, 0) is 11.2 Å². The van der Waals surface area contributed by atoms with E-state index in [0.29, 0.717) is 18.9 Å². The normalized spacial score (nSPS) is 11.1. The first-order valence-electron chi connectivity index (χ1n) is 7.14. The molecule has 0 saturated carbocycles. The topological polar surface area (TPSA) is 50.1 Å². The highest BCUT2D eigenvalue weighted by atomic mass is 16.5. The van der Waals surface area contributed by atoms with Gasteiger partial charge in [0.1, 0.15) is 17.5 Å². The Hall–Kier alpha value is -1.82. The van der Waals surface area contributed by atoms with Crippen molar-refractivity contribution in [1.29, 1.82) is 5.26 Å². The summed E-state index contributed by atoms with van der Waals surface area (Å²) in [6.45, 7) is 10.3. The molecule has 0 aliphatic rings. The molecule has 3 nitrogen and oxygen atoms in total. The molecule has 0 spiro atoms. The molecule has 1 aromatic carbocycles. The summed E-state index contributed by atoms with van der Waals surface area (Å²) in [7, 11) is 0. The summed E-state index contributed by atoms with van der Waals surface area (Å²) in [6.07, 6.45) is 0.469. The van der Waals surface area contributed by atoms with Gasteiger partial charge in [0, 0.05) is 0 Å². The lowest BCUT2D eigenvalue weighted by atomic mass is 9.97. The molecule has 1 rings (SSSR count). The van der Waals surface area contributed by atoms with E-state index in [1.165, 1.54) is 6.92 Å². The van der Waals surface area contributed by atoms with Gasteiger partial charge in [0.25, 0.3) is 0 Å². The molecule has 0 fully saturated rings. The molecule has 0 aromatic heterocycles. The van der Waals surface area contributed by atoms with E-state index in [9.17, 15) is 4.79 Å². The number of ether oxygens (including phenoxy) is 1. The number of carbonyl (C=O) groups excluding carboxylic acids is 1. The molecule has 0 bridgehead atoms. The van der Waals surface area contributed by atoms with Crippen LogP contribution in [0.1, 0.15) is 40.2 Å². The van der Waals surface area contributed by atoms with Crippen LogP contribution in [0.5, 0.6) is 5.75 Å². The minimum atomic E-state index is -0.549. The van der Waals surface area contributed by atoms with E-state index in [-0.39, 0.29) is 5.78 Å². The predicted octanol–water partition coefficient (Wildman–Crippen LogP) is 4.02. The van der Waals surface area contributed by atoms with Gasteiger partial charge in [-0.2, -0.15) is 5.26 Å². The van der Waals surface area contributed by atoms with Gasteiger partial charge in [-0.25, -0.2) is 0 Å². The molecule has 0 amide bonds. The number of Topliss-reactive ketones (excluding diaryl/α,β-unsaturated/α-hetero) is 1. The average Bonchev–Trinajstić information content (AvgIpc) is 2.45. The average molecular weight is 275 g/mol. The van der Waals surface area contributed by atoms with Crippen molar-refractivity contribution >= 4 is 5.78 Å². The van der Waals surface area contributed by atoms with Crippen molar-refractivity contribution in [2.24, 2.45) is 11.8 Å². The Bertz CT molecular complexity index is 429. The largest absolute Gasteiger partial charge is 0.493 e. The van der Waals surface area contributed by atoms with Crippen LogP contribution in [0.4, 0.5) is 0 Å². The summed E-state index contributed by atoms with van der Waals surface area (Å²) >= 11 is 0. The second-order valence-corrected chi connectivity index (χ2v) is 4.85. The highest BCUT2D eigenvalue weighted by molar-refractivity contribution is 5.81. The first-order chi connectivity index (χ1) is 9.52. The smallest absolute Gasteiger partial charge is 0.147 e. The van der Waals surface area contributed by atoms with Gasteiger partial charge < -0.3 is 4.74 Å².